The highest BCUT2D eigenvalue weighted by Crippen LogP contribution is 2.19. The molecule has 0 atom stereocenters. The third kappa shape index (κ3) is 3.43. The van der Waals surface area contributed by atoms with Crippen LogP contribution in [0.25, 0.3) is 0 Å². The average molecular weight is 304 g/mol. The van der Waals surface area contributed by atoms with E-state index in [0.717, 1.165) is 49.1 Å². The van der Waals surface area contributed by atoms with E-state index in [0.29, 0.717) is 5.69 Å². The SMILES string of the molecule is Nc1ccc(N2CCN(Cc3ccncc3Cl)CC2)nc1. The van der Waals surface area contributed by atoms with Crippen LogP contribution in [0.3, 0.4) is 0 Å². The molecular formula is C15H18ClN5. The second-order valence-corrected chi connectivity index (χ2v) is 5.59. The maximum Gasteiger partial charge on any atom is 0.128 e. The molecule has 0 aromatic carbocycles. The highest BCUT2D eigenvalue weighted by molar-refractivity contribution is 6.31. The van der Waals surface area contributed by atoms with Gasteiger partial charge in [-0.2, -0.15) is 0 Å². The zero-order chi connectivity index (χ0) is 14.7. The maximum absolute atomic E-state index is 6.16. The van der Waals surface area contributed by atoms with E-state index in [4.69, 9.17) is 17.3 Å². The molecule has 1 aliphatic rings. The number of nitrogens with zero attached hydrogens (tertiary/aromatic N) is 4. The van der Waals surface area contributed by atoms with Crippen molar-refractivity contribution >= 4 is 23.1 Å². The zero-order valence-corrected chi connectivity index (χ0v) is 12.5. The van der Waals surface area contributed by atoms with Crippen LogP contribution in [0.4, 0.5) is 11.5 Å². The van der Waals surface area contributed by atoms with Crippen molar-refractivity contribution < 1.29 is 0 Å². The summed E-state index contributed by atoms with van der Waals surface area (Å²) in [5.74, 6) is 0.991. The van der Waals surface area contributed by atoms with Gasteiger partial charge in [0, 0.05) is 45.1 Å². The summed E-state index contributed by atoms with van der Waals surface area (Å²) in [5.41, 5.74) is 7.50. The Balaban J connectivity index is 1.58. The molecule has 0 radical (unpaired) electrons. The zero-order valence-electron chi connectivity index (χ0n) is 11.7. The fraction of sp³-hybridized carbons (Fsp3) is 0.333. The summed E-state index contributed by atoms with van der Waals surface area (Å²) in [5, 5.41) is 0.736. The van der Waals surface area contributed by atoms with Crippen LogP contribution in [0, 0.1) is 0 Å². The second-order valence-electron chi connectivity index (χ2n) is 5.18. The van der Waals surface area contributed by atoms with Crippen molar-refractivity contribution in [3.05, 3.63) is 47.4 Å². The summed E-state index contributed by atoms with van der Waals surface area (Å²) >= 11 is 6.16. The van der Waals surface area contributed by atoms with Crippen molar-refractivity contribution in [3.8, 4) is 0 Å². The molecule has 6 heteroatoms. The summed E-state index contributed by atoms with van der Waals surface area (Å²) < 4.78 is 0. The summed E-state index contributed by atoms with van der Waals surface area (Å²) in [4.78, 5) is 13.1. The van der Waals surface area contributed by atoms with Crippen LogP contribution in [-0.2, 0) is 6.54 Å². The molecule has 2 aromatic rings. The number of pyridine rings is 2. The van der Waals surface area contributed by atoms with Gasteiger partial charge in [-0.1, -0.05) is 11.6 Å². The Labute approximate surface area is 129 Å². The Morgan fingerprint density at radius 3 is 2.57 bits per heavy atom. The normalized spacial score (nSPS) is 16.1. The van der Waals surface area contributed by atoms with E-state index < -0.39 is 0 Å². The monoisotopic (exact) mass is 303 g/mol. The molecule has 21 heavy (non-hydrogen) atoms. The highest BCUT2D eigenvalue weighted by atomic mass is 35.5. The standard InChI is InChI=1S/C15H18ClN5/c16-14-10-18-4-3-12(14)11-20-5-7-21(8-6-20)15-2-1-13(17)9-19-15/h1-4,9-10H,5-8,11,17H2. The van der Waals surface area contributed by atoms with Crippen LogP contribution in [0.15, 0.2) is 36.8 Å². The predicted octanol–water partition coefficient (Wildman–Crippen LogP) is 2.03. The number of rotatable bonds is 3. The molecule has 0 amide bonds. The van der Waals surface area contributed by atoms with E-state index in [1.54, 1.807) is 18.6 Å². The molecule has 2 N–H and O–H groups in total. The van der Waals surface area contributed by atoms with E-state index in [1.165, 1.54) is 0 Å². The maximum atomic E-state index is 6.16. The van der Waals surface area contributed by atoms with E-state index in [-0.39, 0.29) is 0 Å². The number of piperazine rings is 1. The number of hydrogen-bond donors (Lipinski definition) is 1. The molecule has 110 valence electrons. The van der Waals surface area contributed by atoms with Crippen molar-refractivity contribution in [1.29, 1.82) is 0 Å². The number of hydrogen-bond acceptors (Lipinski definition) is 5. The lowest BCUT2D eigenvalue weighted by atomic mass is 10.2. The van der Waals surface area contributed by atoms with E-state index >= 15 is 0 Å². The van der Waals surface area contributed by atoms with E-state index in [1.807, 2.05) is 18.2 Å². The molecule has 1 aliphatic heterocycles. The number of aromatic nitrogens is 2. The molecule has 3 rings (SSSR count). The third-order valence-corrected chi connectivity index (χ3v) is 4.06. The van der Waals surface area contributed by atoms with Gasteiger partial charge in [-0.15, -0.1) is 0 Å². The largest absolute Gasteiger partial charge is 0.397 e. The van der Waals surface area contributed by atoms with Gasteiger partial charge in [0.15, 0.2) is 0 Å². The van der Waals surface area contributed by atoms with Crippen molar-refractivity contribution in [2.24, 2.45) is 0 Å². The molecule has 0 saturated carbocycles. The molecule has 3 heterocycles. The van der Waals surface area contributed by atoms with Gasteiger partial charge in [-0.3, -0.25) is 9.88 Å². The molecule has 0 bridgehead atoms. The molecular weight excluding hydrogens is 286 g/mol. The van der Waals surface area contributed by atoms with Gasteiger partial charge in [0.05, 0.1) is 16.9 Å². The molecule has 0 spiro atoms. The highest BCUT2D eigenvalue weighted by Gasteiger charge is 2.18. The summed E-state index contributed by atoms with van der Waals surface area (Å²) in [6.07, 6.45) is 5.19. The summed E-state index contributed by atoms with van der Waals surface area (Å²) in [6.45, 7) is 4.76. The minimum absolute atomic E-state index is 0.699. The van der Waals surface area contributed by atoms with Crippen LogP contribution < -0.4 is 10.6 Å². The van der Waals surface area contributed by atoms with Crippen LogP contribution in [0.5, 0.6) is 0 Å². The molecule has 0 unspecified atom stereocenters. The number of anilines is 2. The average Bonchev–Trinajstić information content (AvgIpc) is 2.51. The minimum atomic E-state index is 0.699. The second kappa shape index (κ2) is 6.28. The number of nitrogen functional groups attached to an aromatic ring is 1. The van der Waals surface area contributed by atoms with Gasteiger partial charge in [-0.25, -0.2) is 4.98 Å². The van der Waals surface area contributed by atoms with Crippen LogP contribution >= 0.6 is 11.6 Å². The first-order valence-electron chi connectivity index (χ1n) is 6.99. The van der Waals surface area contributed by atoms with Gasteiger partial charge in [0.25, 0.3) is 0 Å². The van der Waals surface area contributed by atoms with E-state index in [2.05, 4.69) is 19.8 Å². The fourth-order valence-electron chi connectivity index (χ4n) is 2.49. The smallest absolute Gasteiger partial charge is 0.128 e. The van der Waals surface area contributed by atoms with Crippen LogP contribution in [0.1, 0.15) is 5.56 Å². The van der Waals surface area contributed by atoms with Crippen molar-refractivity contribution in [2.75, 3.05) is 36.8 Å². The Morgan fingerprint density at radius 1 is 1.10 bits per heavy atom. The first-order chi connectivity index (χ1) is 10.2. The Hall–Kier alpha value is -1.85. The minimum Gasteiger partial charge on any atom is -0.397 e. The first kappa shape index (κ1) is 14.1. The van der Waals surface area contributed by atoms with Gasteiger partial charge in [0.2, 0.25) is 0 Å². The van der Waals surface area contributed by atoms with Gasteiger partial charge >= 0.3 is 0 Å². The molecule has 5 nitrogen and oxygen atoms in total. The quantitative estimate of drug-likeness (QED) is 0.940. The molecule has 1 fully saturated rings. The lowest BCUT2D eigenvalue weighted by Crippen LogP contribution is -2.46. The van der Waals surface area contributed by atoms with Crippen molar-refractivity contribution in [3.63, 3.8) is 0 Å². The number of nitrogens with two attached hydrogens (primary N) is 1. The topological polar surface area (TPSA) is 58.3 Å². The predicted molar refractivity (Wildman–Crippen MR) is 85.4 cm³/mol. The van der Waals surface area contributed by atoms with Crippen molar-refractivity contribution in [1.82, 2.24) is 14.9 Å². The third-order valence-electron chi connectivity index (χ3n) is 3.72. The van der Waals surface area contributed by atoms with Gasteiger partial charge in [0.1, 0.15) is 5.82 Å². The lowest BCUT2D eigenvalue weighted by Gasteiger charge is -2.35. The van der Waals surface area contributed by atoms with Gasteiger partial charge < -0.3 is 10.6 Å². The lowest BCUT2D eigenvalue weighted by molar-refractivity contribution is 0.249. The van der Waals surface area contributed by atoms with E-state index in [9.17, 15) is 0 Å². The van der Waals surface area contributed by atoms with Crippen molar-refractivity contribution in [2.45, 2.75) is 6.54 Å². The van der Waals surface area contributed by atoms with Crippen LogP contribution in [0.2, 0.25) is 5.02 Å². The molecule has 2 aromatic heterocycles. The summed E-state index contributed by atoms with van der Waals surface area (Å²) in [6, 6.07) is 5.85. The fourth-order valence-corrected chi connectivity index (χ4v) is 2.67. The van der Waals surface area contributed by atoms with Gasteiger partial charge in [-0.05, 0) is 23.8 Å². The Bertz CT molecular complexity index is 593. The Kier molecular flexibility index (Phi) is 4.22. The molecule has 0 aliphatic carbocycles. The number of halogens is 1. The Morgan fingerprint density at radius 2 is 1.90 bits per heavy atom. The summed E-state index contributed by atoms with van der Waals surface area (Å²) in [7, 11) is 0. The first-order valence-corrected chi connectivity index (χ1v) is 7.37. The molecule has 1 saturated heterocycles. The van der Waals surface area contributed by atoms with Crippen LogP contribution in [-0.4, -0.2) is 41.0 Å².